The highest BCUT2D eigenvalue weighted by Gasteiger charge is 2.14. The minimum Gasteiger partial charge on any atom is -0.383 e. The number of nitrogens with zero attached hydrogens (tertiary/aromatic N) is 4. The standard InChI is InChI=1S/C14H13ClN6O3S/c1-7-18-13(21-24-7)9-6-17-14(20-12(9)16)19-8-3-4-11(10(15)5-8)25(2,22)23/h3-6H,1-2H3,(H3,16,17,19,20). The summed E-state index contributed by atoms with van der Waals surface area (Å²) in [7, 11) is -3.40. The molecule has 0 bridgehead atoms. The molecule has 11 heteroatoms. The monoisotopic (exact) mass is 380 g/mol. The molecule has 0 radical (unpaired) electrons. The van der Waals surface area contributed by atoms with Crippen molar-refractivity contribution in [3.63, 3.8) is 0 Å². The Balaban J connectivity index is 1.87. The molecule has 0 aliphatic rings. The fourth-order valence-corrected chi connectivity index (χ4v) is 3.37. The topological polar surface area (TPSA) is 137 Å². The number of hydrogen-bond acceptors (Lipinski definition) is 9. The number of rotatable bonds is 4. The summed E-state index contributed by atoms with van der Waals surface area (Å²) in [6.07, 6.45) is 2.55. The zero-order valence-electron chi connectivity index (χ0n) is 13.2. The fourth-order valence-electron chi connectivity index (χ4n) is 2.04. The van der Waals surface area contributed by atoms with E-state index in [2.05, 4.69) is 25.4 Å². The summed E-state index contributed by atoms with van der Waals surface area (Å²) in [4.78, 5) is 12.4. The number of benzene rings is 1. The molecule has 0 saturated heterocycles. The van der Waals surface area contributed by atoms with Crippen molar-refractivity contribution in [1.82, 2.24) is 20.1 Å². The molecule has 0 aliphatic heterocycles. The van der Waals surface area contributed by atoms with Gasteiger partial charge in [-0.3, -0.25) is 0 Å². The van der Waals surface area contributed by atoms with Gasteiger partial charge in [-0.1, -0.05) is 16.8 Å². The van der Waals surface area contributed by atoms with Gasteiger partial charge in [0.15, 0.2) is 9.84 Å². The summed E-state index contributed by atoms with van der Waals surface area (Å²) in [5.41, 5.74) is 6.86. The average Bonchev–Trinajstić information content (AvgIpc) is 2.92. The maximum atomic E-state index is 11.6. The zero-order valence-corrected chi connectivity index (χ0v) is 14.8. The Labute approximate surface area is 148 Å². The second-order valence-corrected chi connectivity index (χ2v) is 7.56. The van der Waals surface area contributed by atoms with Crippen LogP contribution in [-0.2, 0) is 9.84 Å². The molecule has 0 fully saturated rings. The van der Waals surface area contributed by atoms with Crippen molar-refractivity contribution < 1.29 is 12.9 Å². The molecule has 2 heterocycles. The molecule has 3 N–H and O–H groups in total. The minimum atomic E-state index is -3.40. The molecular weight excluding hydrogens is 368 g/mol. The van der Waals surface area contributed by atoms with Crippen molar-refractivity contribution >= 4 is 38.9 Å². The number of nitrogens with two attached hydrogens (primary N) is 1. The van der Waals surface area contributed by atoms with Gasteiger partial charge in [-0.15, -0.1) is 0 Å². The van der Waals surface area contributed by atoms with Crippen LogP contribution in [0.25, 0.3) is 11.4 Å². The molecule has 9 nitrogen and oxygen atoms in total. The summed E-state index contributed by atoms with van der Waals surface area (Å²) in [5.74, 6) is 1.07. The first-order valence-corrected chi connectivity index (χ1v) is 9.21. The first-order chi connectivity index (χ1) is 11.7. The molecule has 0 unspecified atom stereocenters. The van der Waals surface area contributed by atoms with Gasteiger partial charge in [0.1, 0.15) is 5.82 Å². The van der Waals surface area contributed by atoms with E-state index in [-0.39, 0.29) is 21.7 Å². The maximum Gasteiger partial charge on any atom is 0.229 e. The van der Waals surface area contributed by atoms with Crippen LogP contribution in [0.5, 0.6) is 0 Å². The van der Waals surface area contributed by atoms with Crippen LogP contribution >= 0.6 is 11.6 Å². The summed E-state index contributed by atoms with van der Waals surface area (Å²) < 4.78 is 28.1. The highest BCUT2D eigenvalue weighted by atomic mass is 35.5. The molecule has 3 aromatic rings. The summed E-state index contributed by atoms with van der Waals surface area (Å²) in [6, 6.07) is 4.42. The van der Waals surface area contributed by atoms with Gasteiger partial charge in [-0.2, -0.15) is 9.97 Å². The predicted molar refractivity (Wildman–Crippen MR) is 92.3 cm³/mol. The second-order valence-electron chi connectivity index (χ2n) is 5.17. The van der Waals surface area contributed by atoms with Crippen molar-refractivity contribution in [1.29, 1.82) is 0 Å². The Hall–Kier alpha value is -2.72. The van der Waals surface area contributed by atoms with E-state index in [9.17, 15) is 8.42 Å². The number of halogens is 1. The first-order valence-electron chi connectivity index (χ1n) is 6.94. The smallest absolute Gasteiger partial charge is 0.229 e. The number of aryl methyl sites for hydroxylation is 1. The molecule has 130 valence electrons. The van der Waals surface area contributed by atoms with Crippen molar-refractivity contribution in [2.24, 2.45) is 0 Å². The SMILES string of the molecule is Cc1nc(-c2cnc(Nc3ccc(S(C)(=O)=O)c(Cl)c3)nc2N)no1. The zero-order chi connectivity index (χ0) is 18.2. The van der Waals surface area contributed by atoms with Crippen molar-refractivity contribution in [3.05, 3.63) is 35.3 Å². The fraction of sp³-hybridized carbons (Fsp3) is 0.143. The molecule has 2 aromatic heterocycles. The Bertz CT molecular complexity index is 1050. The van der Waals surface area contributed by atoms with E-state index in [1.54, 1.807) is 13.0 Å². The predicted octanol–water partition coefficient (Wildman–Crippen LogP) is 2.22. The van der Waals surface area contributed by atoms with Crippen LogP contribution < -0.4 is 11.1 Å². The minimum absolute atomic E-state index is 0.0444. The largest absolute Gasteiger partial charge is 0.383 e. The number of sulfone groups is 1. The number of anilines is 3. The van der Waals surface area contributed by atoms with Gasteiger partial charge in [0.05, 0.1) is 15.5 Å². The van der Waals surface area contributed by atoms with Gasteiger partial charge in [-0.25, -0.2) is 13.4 Å². The highest BCUT2D eigenvalue weighted by Crippen LogP contribution is 2.27. The van der Waals surface area contributed by atoms with Crippen LogP contribution in [-0.4, -0.2) is 34.8 Å². The normalized spacial score (nSPS) is 11.5. The van der Waals surface area contributed by atoms with Crippen LogP contribution in [0.1, 0.15) is 5.89 Å². The third kappa shape index (κ3) is 3.69. The summed E-state index contributed by atoms with van der Waals surface area (Å²) >= 11 is 6.01. The van der Waals surface area contributed by atoms with Crippen LogP contribution in [0.2, 0.25) is 5.02 Å². The van der Waals surface area contributed by atoms with E-state index in [0.29, 0.717) is 23.0 Å². The second kappa shape index (κ2) is 6.30. The third-order valence-corrected chi connectivity index (χ3v) is 4.75. The Morgan fingerprint density at radius 1 is 1.28 bits per heavy atom. The van der Waals surface area contributed by atoms with Gasteiger partial charge in [0.2, 0.25) is 17.7 Å². The maximum absolute atomic E-state index is 11.6. The van der Waals surface area contributed by atoms with E-state index in [1.807, 2.05) is 0 Å². The lowest BCUT2D eigenvalue weighted by atomic mass is 10.3. The molecule has 0 spiro atoms. The Morgan fingerprint density at radius 3 is 2.60 bits per heavy atom. The van der Waals surface area contributed by atoms with Gasteiger partial charge >= 0.3 is 0 Å². The van der Waals surface area contributed by atoms with Crippen molar-refractivity contribution in [3.8, 4) is 11.4 Å². The third-order valence-electron chi connectivity index (χ3n) is 3.17. The van der Waals surface area contributed by atoms with Gasteiger partial charge in [0, 0.05) is 25.1 Å². The van der Waals surface area contributed by atoms with Gasteiger partial charge in [0.25, 0.3) is 0 Å². The Kier molecular flexibility index (Phi) is 4.31. The number of aromatic nitrogens is 4. The lowest BCUT2D eigenvalue weighted by Gasteiger charge is -2.08. The number of hydrogen-bond donors (Lipinski definition) is 2. The summed E-state index contributed by atoms with van der Waals surface area (Å²) in [6.45, 7) is 1.66. The molecule has 0 amide bonds. The molecular formula is C14H13ClN6O3S. The summed E-state index contributed by atoms with van der Waals surface area (Å²) in [5, 5.41) is 6.76. The molecule has 0 atom stereocenters. The van der Waals surface area contributed by atoms with E-state index >= 15 is 0 Å². The molecule has 25 heavy (non-hydrogen) atoms. The molecule has 3 rings (SSSR count). The van der Waals surface area contributed by atoms with Crippen molar-refractivity contribution in [2.45, 2.75) is 11.8 Å². The quantitative estimate of drug-likeness (QED) is 0.697. The van der Waals surface area contributed by atoms with E-state index < -0.39 is 9.84 Å². The molecule has 0 aliphatic carbocycles. The lowest BCUT2D eigenvalue weighted by Crippen LogP contribution is -2.03. The van der Waals surface area contributed by atoms with Crippen LogP contribution in [0.15, 0.2) is 33.8 Å². The van der Waals surface area contributed by atoms with Crippen LogP contribution in [0, 0.1) is 6.92 Å². The van der Waals surface area contributed by atoms with E-state index in [4.69, 9.17) is 21.9 Å². The lowest BCUT2D eigenvalue weighted by molar-refractivity contribution is 0.394. The van der Waals surface area contributed by atoms with Gasteiger partial charge < -0.3 is 15.6 Å². The average molecular weight is 381 g/mol. The van der Waals surface area contributed by atoms with Crippen LogP contribution in [0.4, 0.5) is 17.5 Å². The molecule has 1 aromatic carbocycles. The molecule has 0 saturated carbocycles. The number of nitrogen functional groups attached to an aromatic ring is 1. The van der Waals surface area contributed by atoms with Crippen LogP contribution in [0.3, 0.4) is 0 Å². The Morgan fingerprint density at radius 2 is 2.04 bits per heavy atom. The van der Waals surface area contributed by atoms with E-state index in [0.717, 1.165) is 6.26 Å². The van der Waals surface area contributed by atoms with E-state index in [1.165, 1.54) is 18.3 Å². The first kappa shape index (κ1) is 17.1. The number of nitrogens with one attached hydrogen (secondary N) is 1. The van der Waals surface area contributed by atoms with Crippen molar-refractivity contribution in [2.75, 3.05) is 17.3 Å². The highest BCUT2D eigenvalue weighted by molar-refractivity contribution is 7.90. The van der Waals surface area contributed by atoms with Gasteiger partial charge in [-0.05, 0) is 18.2 Å².